The molecule has 1 fully saturated rings. The topological polar surface area (TPSA) is 45.2 Å². The van der Waals surface area contributed by atoms with E-state index in [2.05, 4.69) is 24.1 Å². The standard InChI is InChI=1S/C12H19N3OS/c1-3-4-13-12-14-6-10(17-12)8-15-7-9(2)5-11(15)16/h6,9H,3-5,7-8H2,1-2H3,(H,13,14). The first-order chi connectivity index (χ1) is 8.19. The quantitative estimate of drug-likeness (QED) is 0.876. The van der Waals surface area contributed by atoms with Crippen molar-refractivity contribution in [3.63, 3.8) is 0 Å². The Labute approximate surface area is 106 Å². The third-order valence-electron chi connectivity index (χ3n) is 2.83. The molecule has 5 heteroatoms. The third kappa shape index (κ3) is 3.19. The smallest absolute Gasteiger partial charge is 0.223 e. The van der Waals surface area contributed by atoms with E-state index in [1.165, 1.54) is 0 Å². The van der Waals surface area contributed by atoms with Gasteiger partial charge in [-0.05, 0) is 12.3 Å². The molecule has 0 aromatic carbocycles. The van der Waals surface area contributed by atoms with Gasteiger partial charge in [-0.25, -0.2) is 4.98 Å². The van der Waals surface area contributed by atoms with Gasteiger partial charge in [-0.2, -0.15) is 0 Å². The lowest BCUT2D eigenvalue weighted by Crippen LogP contribution is -2.23. The lowest BCUT2D eigenvalue weighted by Gasteiger charge is -2.13. The molecule has 1 atom stereocenters. The molecule has 0 bridgehead atoms. The number of carbonyl (C=O) groups is 1. The number of rotatable bonds is 5. The summed E-state index contributed by atoms with van der Waals surface area (Å²) in [6.07, 6.45) is 3.66. The molecule has 1 aromatic heterocycles. The van der Waals surface area contributed by atoms with Crippen LogP contribution in [0.3, 0.4) is 0 Å². The Bertz CT molecular complexity index is 391. The second kappa shape index (κ2) is 5.49. The first-order valence-corrected chi connectivity index (χ1v) is 6.97. The second-order valence-corrected chi connectivity index (χ2v) is 5.76. The lowest BCUT2D eigenvalue weighted by molar-refractivity contribution is -0.128. The summed E-state index contributed by atoms with van der Waals surface area (Å²) >= 11 is 1.65. The highest BCUT2D eigenvalue weighted by Crippen LogP contribution is 2.24. The van der Waals surface area contributed by atoms with Gasteiger partial charge in [0.1, 0.15) is 0 Å². The minimum atomic E-state index is 0.272. The molecular formula is C12H19N3OS. The number of hydrogen-bond donors (Lipinski definition) is 1. The van der Waals surface area contributed by atoms with E-state index in [9.17, 15) is 4.79 Å². The molecule has 2 rings (SSSR count). The maximum absolute atomic E-state index is 11.7. The first kappa shape index (κ1) is 12.4. The van der Waals surface area contributed by atoms with Gasteiger partial charge in [0.25, 0.3) is 0 Å². The zero-order valence-electron chi connectivity index (χ0n) is 10.4. The highest BCUT2D eigenvalue weighted by Gasteiger charge is 2.26. The van der Waals surface area contributed by atoms with Crippen LogP contribution in [0.1, 0.15) is 31.6 Å². The number of hydrogen-bond acceptors (Lipinski definition) is 4. The summed E-state index contributed by atoms with van der Waals surface area (Å²) in [6.45, 7) is 6.81. The number of nitrogens with one attached hydrogen (secondary N) is 1. The van der Waals surface area contributed by atoms with Crippen molar-refractivity contribution < 1.29 is 4.79 Å². The molecule has 1 aliphatic heterocycles. The van der Waals surface area contributed by atoms with Gasteiger partial charge in [0.2, 0.25) is 5.91 Å². The molecule has 0 radical (unpaired) electrons. The van der Waals surface area contributed by atoms with Crippen LogP contribution >= 0.6 is 11.3 Å². The van der Waals surface area contributed by atoms with Crippen molar-refractivity contribution in [1.29, 1.82) is 0 Å². The fourth-order valence-corrected chi connectivity index (χ4v) is 2.86. The Morgan fingerprint density at radius 3 is 3.12 bits per heavy atom. The summed E-state index contributed by atoms with van der Waals surface area (Å²) in [5.74, 6) is 0.766. The molecule has 0 aliphatic carbocycles. The molecule has 1 aromatic rings. The van der Waals surface area contributed by atoms with Crippen LogP contribution < -0.4 is 5.32 Å². The molecule has 17 heavy (non-hydrogen) atoms. The minimum absolute atomic E-state index is 0.272. The monoisotopic (exact) mass is 253 g/mol. The number of likely N-dealkylation sites (tertiary alicyclic amines) is 1. The van der Waals surface area contributed by atoms with Crippen molar-refractivity contribution in [3.05, 3.63) is 11.1 Å². The van der Waals surface area contributed by atoms with E-state index in [0.29, 0.717) is 18.9 Å². The average Bonchev–Trinajstić information content (AvgIpc) is 2.84. The molecule has 0 saturated carbocycles. The molecule has 2 heterocycles. The normalized spacial score (nSPS) is 20.0. The van der Waals surface area contributed by atoms with Gasteiger partial charge in [0.05, 0.1) is 6.54 Å². The summed E-state index contributed by atoms with van der Waals surface area (Å²) in [7, 11) is 0. The molecule has 94 valence electrons. The Morgan fingerprint density at radius 2 is 2.47 bits per heavy atom. The van der Waals surface area contributed by atoms with Gasteiger partial charge in [-0.15, -0.1) is 11.3 Å². The number of carbonyl (C=O) groups excluding carboxylic acids is 1. The van der Waals surface area contributed by atoms with Crippen LogP contribution in [0.15, 0.2) is 6.20 Å². The second-order valence-electron chi connectivity index (χ2n) is 4.64. The number of aromatic nitrogens is 1. The zero-order valence-corrected chi connectivity index (χ0v) is 11.2. The van der Waals surface area contributed by atoms with Crippen LogP contribution in [0.25, 0.3) is 0 Å². The summed E-state index contributed by atoms with van der Waals surface area (Å²) in [6, 6.07) is 0. The molecule has 1 N–H and O–H groups in total. The maximum atomic E-state index is 11.7. The first-order valence-electron chi connectivity index (χ1n) is 6.15. The summed E-state index contributed by atoms with van der Waals surface area (Å²) in [5.41, 5.74) is 0. The number of anilines is 1. The highest BCUT2D eigenvalue weighted by molar-refractivity contribution is 7.15. The minimum Gasteiger partial charge on any atom is -0.362 e. The largest absolute Gasteiger partial charge is 0.362 e. The van der Waals surface area contributed by atoms with E-state index in [-0.39, 0.29) is 5.91 Å². The summed E-state index contributed by atoms with van der Waals surface area (Å²) in [5, 5.41) is 4.22. The zero-order chi connectivity index (χ0) is 12.3. The van der Waals surface area contributed by atoms with Gasteiger partial charge in [-0.1, -0.05) is 13.8 Å². The van der Waals surface area contributed by atoms with E-state index in [0.717, 1.165) is 29.5 Å². The molecule has 1 aliphatic rings. The summed E-state index contributed by atoms with van der Waals surface area (Å²) < 4.78 is 0. The van der Waals surface area contributed by atoms with Crippen molar-refractivity contribution in [3.8, 4) is 0 Å². The molecular weight excluding hydrogens is 234 g/mol. The fourth-order valence-electron chi connectivity index (χ4n) is 2.00. The van der Waals surface area contributed by atoms with Gasteiger partial charge < -0.3 is 10.2 Å². The number of amides is 1. The van der Waals surface area contributed by atoms with E-state index in [4.69, 9.17) is 0 Å². The van der Waals surface area contributed by atoms with E-state index < -0.39 is 0 Å². The van der Waals surface area contributed by atoms with Gasteiger partial charge in [-0.3, -0.25) is 4.79 Å². The predicted molar refractivity (Wildman–Crippen MR) is 70.1 cm³/mol. The van der Waals surface area contributed by atoms with E-state index in [1.807, 2.05) is 11.1 Å². The predicted octanol–water partition coefficient (Wildman–Crippen LogP) is 2.33. The Kier molecular flexibility index (Phi) is 3.99. The fraction of sp³-hybridized carbons (Fsp3) is 0.667. The summed E-state index contributed by atoms with van der Waals surface area (Å²) in [4.78, 5) is 19.1. The molecule has 4 nitrogen and oxygen atoms in total. The third-order valence-corrected chi connectivity index (χ3v) is 3.77. The van der Waals surface area contributed by atoms with Crippen molar-refractivity contribution in [2.75, 3.05) is 18.4 Å². The average molecular weight is 253 g/mol. The number of nitrogens with zero attached hydrogens (tertiary/aromatic N) is 2. The van der Waals surface area contributed by atoms with Crippen molar-refractivity contribution in [2.24, 2.45) is 5.92 Å². The van der Waals surface area contributed by atoms with Gasteiger partial charge >= 0.3 is 0 Å². The SMILES string of the molecule is CCCNc1ncc(CN2CC(C)CC2=O)s1. The number of thiazole rings is 1. The Balaban J connectivity index is 1.90. The highest BCUT2D eigenvalue weighted by atomic mass is 32.1. The maximum Gasteiger partial charge on any atom is 0.223 e. The Morgan fingerprint density at radius 1 is 1.65 bits per heavy atom. The van der Waals surface area contributed by atoms with E-state index in [1.54, 1.807) is 11.3 Å². The van der Waals surface area contributed by atoms with Crippen LogP contribution in [0.5, 0.6) is 0 Å². The molecule has 1 unspecified atom stereocenters. The Hall–Kier alpha value is -1.10. The lowest BCUT2D eigenvalue weighted by atomic mass is 10.2. The van der Waals surface area contributed by atoms with Crippen LogP contribution in [-0.4, -0.2) is 28.9 Å². The van der Waals surface area contributed by atoms with Crippen LogP contribution in [0.4, 0.5) is 5.13 Å². The van der Waals surface area contributed by atoms with Gasteiger partial charge in [0.15, 0.2) is 5.13 Å². The van der Waals surface area contributed by atoms with Gasteiger partial charge in [0, 0.05) is 30.6 Å². The molecule has 1 amide bonds. The van der Waals surface area contributed by atoms with E-state index >= 15 is 0 Å². The molecule has 1 saturated heterocycles. The van der Waals surface area contributed by atoms with Crippen molar-refractivity contribution in [2.45, 2.75) is 33.2 Å². The van der Waals surface area contributed by atoms with Crippen LogP contribution in [-0.2, 0) is 11.3 Å². The van der Waals surface area contributed by atoms with Crippen LogP contribution in [0, 0.1) is 5.92 Å². The molecule has 0 spiro atoms. The van der Waals surface area contributed by atoms with Crippen LogP contribution in [0.2, 0.25) is 0 Å². The van der Waals surface area contributed by atoms with Crippen molar-refractivity contribution >= 4 is 22.4 Å². The van der Waals surface area contributed by atoms with Crippen molar-refractivity contribution in [1.82, 2.24) is 9.88 Å².